The first-order valence-corrected chi connectivity index (χ1v) is 8.46. The van der Waals surface area contributed by atoms with Crippen molar-refractivity contribution in [2.45, 2.75) is 44.2 Å². The predicted octanol–water partition coefficient (Wildman–Crippen LogP) is 1.77. The minimum absolute atomic E-state index is 0.0205. The van der Waals surface area contributed by atoms with Gasteiger partial charge in [-0.3, -0.25) is 9.59 Å². The lowest BCUT2D eigenvalue weighted by Gasteiger charge is -2.31. The Morgan fingerprint density at radius 1 is 1.22 bits per heavy atom. The molecule has 2 amide bonds. The highest BCUT2D eigenvalue weighted by Crippen LogP contribution is 2.28. The molecule has 1 aromatic carbocycles. The number of hydrogen-bond donors (Lipinski definition) is 1. The van der Waals surface area contributed by atoms with E-state index in [4.69, 9.17) is 5.73 Å². The second-order valence-electron chi connectivity index (χ2n) is 6.70. The third-order valence-electron chi connectivity index (χ3n) is 5.12. The maximum Gasteiger partial charge on any atom is 0.249 e. The molecule has 2 N–H and O–H groups in total. The molecule has 5 heteroatoms. The Labute approximate surface area is 137 Å². The number of likely N-dealkylation sites (N-methyl/N-ethyl adjacent to an activating group) is 1. The first-order valence-electron chi connectivity index (χ1n) is 8.46. The minimum Gasteiger partial charge on any atom is -0.333 e. The fourth-order valence-electron chi connectivity index (χ4n) is 3.78. The van der Waals surface area contributed by atoms with Crippen LogP contribution in [0.5, 0.6) is 0 Å². The number of hydrogen-bond acceptors (Lipinski definition) is 3. The van der Waals surface area contributed by atoms with Gasteiger partial charge in [0.25, 0.3) is 0 Å². The summed E-state index contributed by atoms with van der Waals surface area (Å²) < 4.78 is 0. The highest BCUT2D eigenvalue weighted by Gasteiger charge is 2.39. The second kappa shape index (κ2) is 6.71. The van der Waals surface area contributed by atoms with Crippen LogP contribution < -0.4 is 10.6 Å². The van der Waals surface area contributed by atoms with E-state index in [0.29, 0.717) is 13.0 Å². The van der Waals surface area contributed by atoms with Gasteiger partial charge >= 0.3 is 0 Å². The monoisotopic (exact) mass is 315 g/mol. The third kappa shape index (κ3) is 3.24. The number of nitrogens with two attached hydrogens (primary N) is 1. The molecule has 23 heavy (non-hydrogen) atoms. The lowest BCUT2D eigenvalue weighted by Crippen LogP contribution is -2.47. The lowest BCUT2D eigenvalue weighted by atomic mass is 9.85. The quantitative estimate of drug-likeness (QED) is 0.924. The highest BCUT2D eigenvalue weighted by molar-refractivity contribution is 6.01. The van der Waals surface area contributed by atoms with E-state index < -0.39 is 0 Å². The van der Waals surface area contributed by atoms with Gasteiger partial charge in [0.05, 0.1) is 0 Å². The second-order valence-corrected chi connectivity index (χ2v) is 6.70. The zero-order valence-corrected chi connectivity index (χ0v) is 13.6. The normalized spacial score (nSPS) is 28.0. The van der Waals surface area contributed by atoms with Gasteiger partial charge in [-0.15, -0.1) is 0 Å². The molecule has 1 aliphatic heterocycles. The molecule has 0 bridgehead atoms. The summed E-state index contributed by atoms with van der Waals surface area (Å²) in [6.45, 7) is 0.662. The van der Waals surface area contributed by atoms with Crippen LogP contribution in [0.4, 0.5) is 5.69 Å². The molecule has 2 aliphatic rings. The molecule has 0 spiro atoms. The standard InChI is InChI=1S/C18H25N3O2/c1-20(17(22)13-6-5-7-14(19)12-13)16-10-11-21(18(16)23)15-8-3-2-4-9-15/h2-4,8-9,13-14,16H,5-7,10-12,19H2,1H3. The molecule has 0 aromatic heterocycles. The van der Waals surface area contributed by atoms with Crippen molar-refractivity contribution in [2.24, 2.45) is 11.7 Å². The number of nitrogens with zero attached hydrogens (tertiary/aromatic N) is 2. The number of benzene rings is 1. The van der Waals surface area contributed by atoms with Crippen molar-refractivity contribution < 1.29 is 9.59 Å². The van der Waals surface area contributed by atoms with Gasteiger partial charge in [0.15, 0.2) is 0 Å². The van der Waals surface area contributed by atoms with Crippen LogP contribution in [0, 0.1) is 5.92 Å². The van der Waals surface area contributed by atoms with Crippen molar-refractivity contribution in [3.05, 3.63) is 30.3 Å². The number of carbonyl (C=O) groups is 2. The van der Waals surface area contributed by atoms with E-state index in [0.717, 1.165) is 31.4 Å². The smallest absolute Gasteiger partial charge is 0.249 e. The highest BCUT2D eigenvalue weighted by atomic mass is 16.2. The fraction of sp³-hybridized carbons (Fsp3) is 0.556. The Morgan fingerprint density at radius 3 is 2.65 bits per heavy atom. The summed E-state index contributed by atoms with van der Waals surface area (Å²) in [5.41, 5.74) is 6.90. The van der Waals surface area contributed by atoms with Gasteiger partial charge in [-0.2, -0.15) is 0 Å². The van der Waals surface area contributed by atoms with Crippen LogP contribution in [-0.2, 0) is 9.59 Å². The number of anilines is 1. The van der Waals surface area contributed by atoms with Crippen LogP contribution in [0.2, 0.25) is 0 Å². The molecule has 1 saturated heterocycles. The summed E-state index contributed by atoms with van der Waals surface area (Å²) in [5.74, 6) is 0.0721. The van der Waals surface area contributed by atoms with Crippen LogP contribution in [0.1, 0.15) is 32.1 Å². The zero-order valence-electron chi connectivity index (χ0n) is 13.6. The van der Waals surface area contributed by atoms with E-state index in [1.165, 1.54) is 0 Å². The zero-order chi connectivity index (χ0) is 16.4. The molecule has 124 valence electrons. The first-order chi connectivity index (χ1) is 11.1. The van der Waals surface area contributed by atoms with Crippen molar-refractivity contribution in [1.82, 2.24) is 4.90 Å². The molecule has 3 unspecified atom stereocenters. The Kier molecular flexibility index (Phi) is 4.66. The molecule has 1 heterocycles. The topological polar surface area (TPSA) is 66.6 Å². The van der Waals surface area contributed by atoms with E-state index in [1.807, 2.05) is 30.3 Å². The van der Waals surface area contributed by atoms with Crippen LogP contribution in [0.15, 0.2) is 30.3 Å². The molecular formula is C18H25N3O2. The summed E-state index contributed by atoms with van der Waals surface area (Å²) in [6.07, 6.45) is 4.32. The van der Waals surface area contributed by atoms with E-state index in [2.05, 4.69) is 0 Å². The van der Waals surface area contributed by atoms with Crippen molar-refractivity contribution in [1.29, 1.82) is 0 Å². The van der Waals surface area contributed by atoms with Crippen molar-refractivity contribution in [3.63, 3.8) is 0 Å². The maximum atomic E-state index is 12.7. The Bertz CT molecular complexity index is 575. The average Bonchev–Trinajstić information content (AvgIpc) is 2.96. The molecule has 1 aromatic rings. The Morgan fingerprint density at radius 2 is 1.96 bits per heavy atom. The summed E-state index contributed by atoms with van der Waals surface area (Å²) in [6, 6.07) is 9.42. The van der Waals surface area contributed by atoms with Crippen LogP contribution in [0.25, 0.3) is 0 Å². The van der Waals surface area contributed by atoms with Crippen molar-refractivity contribution >= 4 is 17.5 Å². The summed E-state index contributed by atoms with van der Waals surface area (Å²) in [4.78, 5) is 28.9. The van der Waals surface area contributed by atoms with E-state index in [9.17, 15) is 9.59 Å². The van der Waals surface area contributed by atoms with Crippen LogP contribution in [-0.4, -0.2) is 42.4 Å². The molecule has 2 fully saturated rings. The predicted molar refractivity (Wildman–Crippen MR) is 89.9 cm³/mol. The Balaban J connectivity index is 1.67. The van der Waals surface area contributed by atoms with Gasteiger partial charge in [0.2, 0.25) is 11.8 Å². The SMILES string of the molecule is CN(C(=O)C1CCCC(N)C1)C1CCN(c2ccccc2)C1=O. The van der Waals surface area contributed by atoms with E-state index in [1.54, 1.807) is 16.8 Å². The molecule has 3 atom stereocenters. The summed E-state index contributed by atoms with van der Waals surface area (Å²) in [7, 11) is 1.76. The molecule has 1 aliphatic carbocycles. The van der Waals surface area contributed by atoms with Gasteiger partial charge in [-0.1, -0.05) is 24.6 Å². The molecule has 3 rings (SSSR count). The first kappa shape index (κ1) is 16.0. The van der Waals surface area contributed by atoms with Gasteiger partial charge in [-0.05, 0) is 37.8 Å². The van der Waals surface area contributed by atoms with Gasteiger partial charge in [-0.25, -0.2) is 0 Å². The minimum atomic E-state index is -0.346. The lowest BCUT2D eigenvalue weighted by molar-refractivity contribution is -0.141. The molecular weight excluding hydrogens is 290 g/mol. The van der Waals surface area contributed by atoms with E-state index >= 15 is 0 Å². The summed E-state index contributed by atoms with van der Waals surface area (Å²) >= 11 is 0. The number of rotatable bonds is 3. The number of para-hydroxylation sites is 1. The van der Waals surface area contributed by atoms with Gasteiger partial charge < -0.3 is 15.5 Å². The maximum absolute atomic E-state index is 12.7. The number of amides is 2. The Hall–Kier alpha value is -1.88. The molecule has 1 saturated carbocycles. The molecule has 5 nitrogen and oxygen atoms in total. The largest absolute Gasteiger partial charge is 0.333 e. The van der Waals surface area contributed by atoms with Gasteiger partial charge in [0.1, 0.15) is 6.04 Å². The fourth-order valence-corrected chi connectivity index (χ4v) is 3.78. The van der Waals surface area contributed by atoms with Crippen LogP contribution >= 0.6 is 0 Å². The van der Waals surface area contributed by atoms with Crippen molar-refractivity contribution in [2.75, 3.05) is 18.5 Å². The number of carbonyl (C=O) groups excluding carboxylic acids is 2. The van der Waals surface area contributed by atoms with Crippen molar-refractivity contribution in [3.8, 4) is 0 Å². The third-order valence-corrected chi connectivity index (χ3v) is 5.12. The molecule has 0 radical (unpaired) electrons. The summed E-state index contributed by atoms with van der Waals surface area (Å²) in [5, 5.41) is 0. The van der Waals surface area contributed by atoms with Gasteiger partial charge in [0, 0.05) is 31.2 Å². The van der Waals surface area contributed by atoms with Crippen LogP contribution in [0.3, 0.4) is 0 Å². The average molecular weight is 315 g/mol. The van der Waals surface area contributed by atoms with E-state index in [-0.39, 0.29) is 29.8 Å².